The highest BCUT2D eigenvalue weighted by atomic mass is 16.2. The summed E-state index contributed by atoms with van der Waals surface area (Å²) in [7, 11) is 0. The third-order valence-corrected chi connectivity index (χ3v) is 3.02. The molecule has 0 aliphatic carbocycles. The number of rotatable bonds is 0. The van der Waals surface area contributed by atoms with Gasteiger partial charge >= 0.3 is 0 Å². The smallest absolute Gasteiger partial charge is 0.230 e. The molecule has 2 rings (SSSR count). The topological polar surface area (TPSA) is 41.1 Å². The molecule has 0 aromatic carbocycles. The van der Waals surface area contributed by atoms with Crippen LogP contribution in [0.4, 0.5) is 0 Å². The van der Waals surface area contributed by atoms with E-state index in [0.717, 1.165) is 38.8 Å². The maximum Gasteiger partial charge on any atom is 0.230 e. The molecule has 1 unspecified atom stereocenters. The van der Waals surface area contributed by atoms with Gasteiger partial charge < -0.3 is 10.6 Å². The molecule has 0 radical (unpaired) electrons. The van der Waals surface area contributed by atoms with E-state index < -0.39 is 0 Å². The van der Waals surface area contributed by atoms with E-state index in [4.69, 9.17) is 0 Å². The Balaban J connectivity index is 2.20. The maximum atomic E-state index is 11.8. The van der Waals surface area contributed by atoms with Gasteiger partial charge in [0.25, 0.3) is 0 Å². The maximum absolute atomic E-state index is 11.8. The summed E-state index contributed by atoms with van der Waals surface area (Å²) in [6.07, 6.45) is 8.19. The Labute approximate surface area is 78.6 Å². The molecule has 2 aliphatic rings. The predicted octanol–water partition coefficient (Wildman–Crippen LogP) is 0.780. The van der Waals surface area contributed by atoms with Crippen molar-refractivity contribution in [3.8, 4) is 0 Å². The monoisotopic (exact) mass is 180 g/mol. The molecule has 2 heterocycles. The first kappa shape index (κ1) is 8.60. The van der Waals surface area contributed by atoms with Crippen LogP contribution in [-0.4, -0.2) is 19.0 Å². The Morgan fingerprint density at radius 3 is 2.92 bits per heavy atom. The number of hydrogen-bond acceptors (Lipinski definition) is 2. The minimum atomic E-state index is -0.193. The van der Waals surface area contributed by atoms with Crippen LogP contribution >= 0.6 is 0 Å². The number of carbonyl (C=O) groups excluding carboxylic acids is 1. The molecule has 1 fully saturated rings. The van der Waals surface area contributed by atoms with Crippen LogP contribution in [0.3, 0.4) is 0 Å². The lowest BCUT2D eigenvalue weighted by Gasteiger charge is -2.30. The zero-order valence-electron chi connectivity index (χ0n) is 7.81. The molecule has 0 bridgehead atoms. The van der Waals surface area contributed by atoms with Gasteiger partial charge in [-0.15, -0.1) is 0 Å². The summed E-state index contributed by atoms with van der Waals surface area (Å²) in [5.41, 5.74) is -0.193. The van der Waals surface area contributed by atoms with Crippen LogP contribution < -0.4 is 10.6 Å². The summed E-state index contributed by atoms with van der Waals surface area (Å²) in [6, 6.07) is 0. The molecule has 1 atom stereocenters. The molecule has 0 saturated carbocycles. The van der Waals surface area contributed by atoms with Crippen LogP contribution in [0.25, 0.3) is 0 Å². The standard InChI is InChI=1S/C10H16N2O/c13-9-10(3-1-2-6-12-9)4-7-11-8-5-10/h4,7,11H,1-3,5-6,8H2,(H,12,13). The van der Waals surface area contributed by atoms with E-state index in [1.165, 1.54) is 0 Å². The summed E-state index contributed by atoms with van der Waals surface area (Å²) in [5.74, 6) is 0.225. The van der Waals surface area contributed by atoms with E-state index in [2.05, 4.69) is 10.6 Å². The van der Waals surface area contributed by atoms with E-state index in [-0.39, 0.29) is 11.3 Å². The normalized spacial score (nSPS) is 33.7. The van der Waals surface area contributed by atoms with Gasteiger partial charge in [-0.2, -0.15) is 0 Å². The molecule has 0 aromatic heterocycles. The summed E-state index contributed by atoms with van der Waals surface area (Å²) < 4.78 is 0. The van der Waals surface area contributed by atoms with Crippen LogP contribution in [0.5, 0.6) is 0 Å². The second-order valence-electron chi connectivity index (χ2n) is 3.91. The van der Waals surface area contributed by atoms with Crippen LogP contribution in [0.2, 0.25) is 0 Å². The number of amides is 1. The fraction of sp³-hybridized carbons (Fsp3) is 0.700. The first-order valence-electron chi connectivity index (χ1n) is 5.03. The zero-order valence-corrected chi connectivity index (χ0v) is 7.81. The molecular weight excluding hydrogens is 164 g/mol. The first-order valence-corrected chi connectivity index (χ1v) is 5.03. The van der Waals surface area contributed by atoms with E-state index in [1.807, 2.05) is 12.3 Å². The summed E-state index contributed by atoms with van der Waals surface area (Å²) in [5, 5.41) is 6.12. The minimum Gasteiger partial charge on any atom is -0.391 e. The minimum absolute atomic E-state index is 0.193. The predicted molar refractivity (Wildman–Crippen MR) is 51.1 cm³/mol. The lowest BCUT2D eigenvalue weighted by molar-refractivity contribution is -0.128. The fourth-order valence-electron chi connectivity index (χ4n) is 2.13. The van der Waals surface area contributed by atoms with Crippen molar-refractivity contribution in [1.29, 1.82) is 0 Å². The third kappa shape index (κ3) is 1.55. The molecule has 2 N–H and O–H groups in total. The van der Waals surface area contributed by atoms with Crippen molar-refractivity contribution in [2.24, 2.45) is 5.41 Å². The quantitative estimate of drug-likeness (QED) is 0.578. The van der Waals surface area contributed by atoms with Gasteiger partial charge in [0.1, 0.15) is 0 Å². The van der Waals surface area contributed by atoms with E-state index in [0.29, 0.717) is 0 Å². The van der Waals surface area contributed by atoms with Gasteiger partial charge in [0.15, 0.2) is 0 Å². The summed E-state index contributed by atoms with van der Waals surface area (Å²) in [4.78, 5) is 11.8. The average Bonchev–Trinajstić information content (AvgIpc) is 2.33. The van der Waals surface area contributed by atoms with Gasteiger partial charge in [-0.3, -0.25) is 4.79 Å². The largest absolute Gasteiger partial charge is 0.391 e. The van der Waals surface area contributed by atoms with Crippen molar-refractivity contribution in [3.05, 3.63) is 12.3 Å². The second kappa shape index (κ2) is 3.40. The highest BCUT2D eigenvalue weighted by Crippen LogP contribution is 2.33. The lowest BCUT2D eigenvalue weighted by Crippen LogP contribution is -2.41. The Morgan fingerprint density at radius 2 is 2.15 bits per heavy atom. The highest BCUT2D eigenvalue weighted by Gasteiger charge is 2.37. The van der Waals surface area contributed by atoms with Crippen molar-refractivity contribution in [2.75, 3.05) is 13.1 Å². The van der Waals surface area contributed by atoms with Gasteiger partial charge in [-0.25, -0.2) is 0 Å². The van der Waals surface area contributed by atoms with Crippen LogP contribution in [-0.2, 0) is 4.79 Å². The molecule has 2 aliphatic heterocycles. The van der Waals surface area contributed by atoms with Gasteiger partial charge in [-0.1, -0.05) is 12.5 Å². The Bertz CT molecular complexity index is 237. The molecule has 1 amide bonds. The third-order valence-electron chi connectivity index (χ3n) is 3.02. The van der Waals surface area contributed by atoms with Crippen LogP contribution in [0, 0.1) is 5.41 Å². The van der Waals surface area contributed by atoms with Gasteiger partial charge in [0.2, 0.25) is 5.91 Å². The van der Waals surface area contributed by atoms with E-state index in [1.54, 1.807) is 0 Å². The molecule has 3 heteroatoms. The van der Waals surface area contributed by atoms with Crippen molar-refractivity contribution in [2.45, 2.75) is 25.7 Å². The second-order valence-corrected chi connectivity index (χ2v) is 3.91. The lowest BCUT2D eigenvalue weighted by atomic mass is 9.78. The Morgan fingerprint density at radius 1 is 1.23 bits per heavy atom. The van der Waals surface area contributed by atoms with Crippen LogP contribution in [0.1, 0.15) is 25.7 Å². The van der Waals surface area contributed by atoms with Crippen molar-refractivity contribution < 1.29 is 4.79 Å². The molecule has 0 aromatic rings. The average molecular weight is 180 g/mol. The molecular formula is C10H16N2O. The summed E-state index contributed by atoms with van der Waals surface area (Å²) in [6.45, 7) is 1.77. The van der Waals surface area contributed by atoms with Crippen LogP contribution in [0.15, 0.2) is 12.3 Å². The Kier molecular flexibility index (Phi) is 2.25. The summed E-state index contributed by atoms with van der Waals surface area (Å²) >= 11 is 0. The number of nitrogens with one attached hydrogen (secondary N) is 2. The van der Waals surface area contributed by atoms with Gasteiger partial charge in [0.05, 0.1) is 5.41 Å². The zero-order chi connectivity index (χ0) is 9.15. The highest BCUT2D eigenvalue weighted by molar-refractivity contribution is 5.85. The fourth-order valence-corrected chi connectivity index (χ4v) is 2.13. The number of hydrogen-bond donors (Lipinski definition) is 2. The van der Waals surface area contributed by atoms with Gasteiger partial charge in [-0.05, 0) is 25.5 Å². The van der Waals surface area contributed by atoms with Gasteiger partial charge in [0, 0.05) is 13.1 Å². The van der Waals surface area contributed by atoms with E-state index >= 15 is 0 Å². The van der Waals surface area contributed by atoms with Crippen molar-refractivity contribution in [1.82, 2.24) is 10.6 Å². The van der Waals surface area contributed by atoms with E-state index in [9.17, 15) is 4.79 Å². The Hall–Kier alpha value is -0.990. The molecule has 72 valence electrons. The molecule has 3 nitrogen and oxygen atoms in total. The van der Waals surface area contributed by atoms with Crippen molar-refractivity contribution >= 4 is 5.91 Å². The number of carbonyl (C=O) groups is 1. The molecule has 1 spiro atoms. The first-order chi connectivity index (χ1) is 6.33. The SMILES string of the molecule is O=C1NCCCCC12C=CNCC2. The van der Waals surface area contributed by atoms with Crippen molar-refractivity contribution in [3.63, 3.8) is 0 Å². The molecule has 13 heavy (non-hydrogen) atoms. The molecule has 1 saturated heterocycles.